The predicted octanol–water partition coefficient (Wildman–Crippen LogP) is 2.72. The van der Waals surface area contributed by atoms with Crippen LogP contribution in [-0.2, 0) is 0 Å². The summed E-state index contributed by atoms with van der Waals surface area (Å²) in [4.78, 5) is 7.06. The monoisotopic (exact) mass is 156 g/mol. The van der Waals surface area contributed by atoms with E-state index in [0.29, 0.717) is 5.69 Å². The minimum absolute atomic E-state index is 0.551. The van der Waals surface area contributed by atoms with E-state index in [9.17, 15) is 0 Å². The van der Waals surface area contributed by atoms with Gasteiger partial charge in [0.1, 0.15) is 0 Å². The van der Waals surface area contributed by atoms with Crippen LogP contribution in [0.3, 0.4) is 0 Å². The summed E-state index contributed by atoms with van der Waals surface area (Å²) in [6, 6.07) is 7.34. The molecule has 3 heteroatoms. The van der Waals surface area contributed by atoms with Gasteiger partial charge in [0.05, 0.1) is 0 Å². The van der Waals surface area contributed by atoms with Gasteiger partial charge in [-0.05, 0) is 17.5 Å². The summed E-state index contributed by atoms with van der Waals surface area (Å²) in [5.74, 6) is 0. The van der Waals surface area contributed by atoms with Gasteiger partial charge < -0.3 is 0 Å². The highest BCUT2D eigenvalue weighted by Gasteiger charge is 2.03. The molecule has 0 aliphatic rings. The smallest absolute Gasteiger partial charge is 0.264 e. The number of rotatable bonds is 0. The van der Waals surface area contributed by atoms with E-state index < -0.39 is 0 Å². The molecule has 12 heavy (non-hydrogen) atoms. The average molecular weight is 156 g/mol. The molecule has 0 aliphatic carbocycles. The van der Waals surface area contributed by atoms with Gasteiger partial charge in [-0.25, -0.2) is 0 Å². The van der Waals surface area contributed by atoms with E-state index in [-0.39, 0.29) is 0 Å². The molecule has 0 N–H and O–H groups in total. The zero-order chi connectivity index (χ0) is 8.39. The number of fused-ring (bicyclic) bond motifs is 1. The maximum atomic E-state index is 8.50. The molecule has 1 aromatic carbocycles. The first-order valence-electron chi connectivity index (χ1n) is 3.59. The van der Waals surface area contributed by atoms with Crippen LogP contribution in [0.1, 0.15) is 0 Å². The van der Waals surface area contributed by atoms with Crippen LogP contribution in [0.2, 0.25) is 0 Å². The Morgan fingerprint density at radius 2 is 2.08 bits per heavy atom. The Hall–Kier alpha value is -1.95. The van der Waals surface area contributed by atoms with Gasteiger partial charge >= 0.3 is 5.69 Å². The molecular weight excluding hydrogens is 150 g/mol. The third-order valence-corrected chi connectivity index (χ3v) is 1.74. The number of hydrogen-bond acceptors (Lipinski definition) is 2. The van der Waals surface area contributed by atoms with E-state index in [1.807, 2.05) is 12.1 Å². The second kappa shape index (κ2) is 2.59. The van der Waals surface area contributed by atoms with Gasteiger partial charge in [0.2, 0.25) is 5.39 Å². The molecule has 0 aliphatic heterocycles. The zero-order valence-electron chi connectivity index (χ0n) is 6.31. The highest BCUT2D eigenvalue weighted by molar-refractivity contribution is 5.84. The molecule has 56 valence electrons. The predicted molar refractivity (Wildman–Crippen MR) is 46.5 cm³/mol. The van der Waals surface area contributed by atoms with Gasteiger partial charge in [0.25, 0.3) is 0 Å². The Labute approximate surface area is 69.3 Å². The minimum Gasteiger partial charge on any atom is -0.264 e. The fraction of sp³-hybridized carbons (Fsp3) is 0. The van der Waals surface area contributed by atoms with Gasteiger partial charge in [0, 0.05) is 29.9 Å². The quantitative estimate of drug-likeness (QED) is 0.550. The molecule has 0 unspecified atom stereocenters. The third kappa shape index (κ3) is 0.995. The van der Waals surface area contributed by atoms with Crippen LogP contribution >= 0.6 is 0 Å². The van der Waals surface area contributed by atoms with Crippen LogP contribution < -0.4 is 0 Å². The minimum atomic E-state index is 0.551. The molecular formula is C9H6N3+. The first-order chi connectivity index (χ1) is 5.90. The molecule has 0 atom stereocenters. The lowest BCUT2D eigenvalue weighted by Crippen LogP contribution is -1.72. The normalized spacial score (nSPS) is 9.58. The van der Waals surface area contributed by atoms with Crippen LogP contribution in [0, 0.1) is 5.39 Å². The van der Waals surface area contributed by atoms with Crippen LogP contribution in [0.15, 0.2) is 36.7 Å². The fourth-order valence-corrected chi connectivity index (χ4v) is 1.13. The van der Waals surface area contributed by atoms with Crippen molar-refractivity contribution in [2.24, 2.45) is 0 Å². The van der Waals surface area contributed by atoms with E-state index >= 15 is 0 Å². The van der Waals surface area contributed by atoms with Crippen LogP contribution in [0.5, 0.6) is 0 Å². The highest BCUT2D eigenvalue weighted by Crippen LogP contribution is 2.19. The first kappa shape index (κ1) is 6.74. The number of aromatic nitrogens is 1. The van der Waals surface area contributed by atoms with Crippen LogP contribution in [-0.4, -0.2) is 4.98 Å². The Morgan fingerprint density at radius 1 is 1.17 bits per heavy atom. The lowest BCUT2D eigenvalue weighted by atomic mass is 10.2. The number of pyridine rings is 1. The molecule has 3 nitrogen and oxygen atoms in total. The molecule has 1 aromatic heterocycles. The zero-order valence-corrected chi connectivity index (χ0v) is 6.31. The van der Waals surface area contributed by atoms with Gasteiger partial charge in [-0.1, -0.05) is 0 Å². The van der Waals surface area contributed by atoms with Gasteiger partial charge in [-0.2, -0.15) is 0 Å². The molecule has 0 fully saturated rings. The SMILES string of the molecule is N#[N+]c1ccc2ccncc2c1. The molecule has 0 amide bonds. The highest BCUT2D eigenvalue weighted by atomic mass is 14.8. The van der Waals surface area contributed by atoms with Crippen molar-refractivity contribution in [1.82, 2.24) is 4.98 Å². The first-order valence-corrected chi connectivity index (χ1v) is 3.59. The van der Waals surface area contributed by atoms with Crippen molar-refractivity contribution in [3.05, 3.63) is 41.6 Å². The Bertz CT molecular complexity index is 457. The summed E-state index contributed by atoms with van der Waals surface area (Å²) >= 11 is 0. The molecule has 1 heterocycles. The maximum Gasteiger partial charge on any atom is 0.385 e. The van der Waals surface area contributed by atoms with Crippen molar-refractivity contribution in [2.75, 3.05) is 0 Å². The lowest BCUT2D eigenvalue weighted by Gasteiger charge is -1.90. The van der Waals surface area contributed by atoms with E-state index in [2.05, 4.69) is 9.96 Å². The van der Waals surface area contributed by atoms with E-state index in [4.69, 9.17) is 5.39 Å². The molecule has 0 radical (unpaired) electrons. The molecule has 2 aromatic rings. The van der Waals surface area contributed by atoms with Crippen molar-refractivity contribution in [3.63, 3.8) is 0 Å². The van der Waals surface area contributed by atoms with Gasteiger partial charge in [-0.3, -0.25) is 4.98 Å². The Balaban J connectivity index is 2.78. The summed E-state index contributed by atoms with van der Waals surface area (Å²) in [5, 5.41) is 10.6. The van der Waals surface area contributed by atoms with E-state index in [1.165, 1.54) is 0 Å². The van der Waals surface area contributed by atoms with Crippen LogP contribution in [0.25, 0.3) is 15.7 Å². The lowest BCUT2D eigenvalue weighted by molar-refractivity contribution is 1.36. The summed E-state index contributed by atoms with van der Waals surface area (Å²) in [7, 11) is 0. The van der Waals surface area contributed by atoms with Crippen molar-refractivity contribution < 1.29 is 0 Å². The van der Waals surface area contributed by atoms with Gasteiger partial charge in [0.15, 0.2) is 4.98 Å². The van der Waals surface area contributed by atoms with E-state index in [0.717, 1.165) is 10.8 Å². The fourth-order valence-electron chi connectivity index (χ4n) is 1.13. The number of diazo groups is 1. The summed E-state index contributed by atoms with van der Waals surface area (Å²) in [6.07, 6.45) is 3.47. The number of benzene rings is 1. The Morgan fingerprint density at radius 3 is 2.92 bits per heavy atom. The number of hydrogen-bond donors (Lipinski definition) is 0. The van der Waals surface area contributed by atoms with Crippen molar-refractivity contribution in [2.45, 2.75) is 0 Å². The van der Waals surface area contributed by atoms with Crippen molar-refractivity contribution in [3.8, 4) is 0 Å². The largest absolute Gasteiger partial charge is 0.385 e. The van der Waals surface area contributed by atoms with E-state index in [1.54, 1.807) is 24.5 Å². The maximum absolute atomic E-state index is 8.50. The standard InChI is InChI=1S/C9H6N3/c10-12-9-2-1-7-3-4-11-6-8(7)5-9/h1-6H/q+1. The topological polar surface area (TPSA) is 41.0 Å². The molecule has 0 saturated carbocycles. The van der Waals surface area contributed by atoms with Gasteiger partial charge in [-0.15, -0.1) is 0 Å². The van der Waals surface area contributed by atoms with Crippen molar-refractivity contribution in [1.29, 1.82) is 5.39 Å². The summed E-state index contributed by atoms with van der Waals surface area (Å²) < 4.78 is 0. The number of nitrogens with zero attached hydrogens (tertiary/aromatic N) is 3. The summed E-state index contributed by atoms with van der Waals surface area (Å²) in [6.45, 7) is 0. The summed E-state index contributed by atoms with van der Waals surface area (Å²) in [5.41, 5.74) is 0.551. The second-order valence-corrected chi connectivity index (χ2v) is 2.51. The average Bonchev–Trinajstić information content (AvgIpc) is 2.17. The Kier molecular flexibility index (Phi) is 1.45. The molecule has 2 rings (SSSR count). The molecule has 0 spiro atoms. The van der Waals surface area contributed by atoms with Crippen LogP contribution in [0.4, 0.5) is 5.69 Å². The molecule has 0 saturated heterocycles. The molecule has 0 bridgehead atoms. The van der Waals surface area contributed by atoms with Crippen molar-refractivity contribution >= 4 is 16.5 Å². The second-order valence-electron chi connectivity index (χ2n) is 2.51. The third-order valence-electron chi connectivity index (χ3n) is 1.74.